The molecule has 3 saturated carbocycles. The summed E-state index contributed by atoms with van der Waals surface area (Å²) in [6, 6.07) is 10.6. The summed E-state index contributed by atoms with van der Waals surface area (Å²) in [7, 11) is 0. The monoisotopic (exact) mass is 362 g/mol. The van der Waals surface area contributed by atoms with Gasteiger partial charge in [0.1, 0.15) is 0 Å². The first kappa shape index (κ1) is 16.0. The molecule has 2 bridgehead atoms. The average Bonchev–Trinajstić information content (AvgIpc) is 2.49. The van der Waals surface area contributed by atoms with Crippen LogP contribution in [-0.4, -0.2) is 20.7 Å². The molecule has 4 atom stereocenters. The molecule has 3 aliphatic carbocycles. The van der Waals surface area contributed by atoms with E-state index in [1.165, 1.54) is 4.46 Å². The van der Waals surface area contributed by atoms with Crippen molar-refractivity contribution in [2.45, 2.75) is 44.9 Å². The molecule has 3 aliphatic rings. The van der Waals surface area contributed by atoms with Crippen LogP contribution in [-0.2, 0) is 4.79 Å². The van der Waals surface area contributed by atoms with E-state index in [4.69, 9.17) is 0 Å². The molecule has 2 heteroatoms. The quantitative estimate of drug-likeness (QED) is 0.572. The Morgan fingerprint density at radius 3 is 2.55 bits per heavy atom. The summed E-state index contributed by atoms with van der Waals surface area (Å²) in [5, 5.41) is 0. The van der Waals surface area contributed by atoms with Crippen molar-refractivity contribution in [3.8, 4) is 0 Å². The van der Waals surface area contributed by atoms with Gasteiger partial charge in [0.15, 0.2) is 0 Å². The second kappa shape index (κ2) is 5.65. The molecular formula is C20H26OSe. The number of hydrogen-bond acceptors (Lipinski definition) is 1. The SMILES string of the molecule is C=CCC[C@@]1(C)C([Se]c2ccccc2)C(=O)C2CC1C2(C)C. The summed E-state index contributed by atoms with van der Waals surface area (Å²) >= 11 is 0.238. The van der Waals surface area contributed by atoms with Crippen LogP contribution >= 0.6 is 0 Å². The standard InChI is InChI=1S/C20H26OSe/c1-5-6-12-20(4)16-13-15(19(16,2)3)17(21)18(20)22-14-10-8-7-9-11-14/h5,7-11,15-16,18H,1,6,12-13H2,2-4H3/t15?,16?,18?,20-/m1/s1. The first-order valence-corrected chi connectivity index (χ1v) is 10.1. The Morgan fingerprint density at radius 1 is 1.27 bits per heavy atom. The van der Waals surface area contributed by atoms with Crippen molar-refractivity contribution >= 4 is 25.2 Å². The Bertz CT molecular complexity index is 577. The fraction of sp³-hybridized carbons (Fsp3) is 0.550. The van der Waals surface area contributed by atoms with Crippen LogP contribution in [0.2, 0.25) is 4.82 Å². The molecule has 3 unspecified atom stereocenters. The first-order valence-electron chi connectivity index (χ1n) is 8.27. The van der Waals surface area contributed by atoms with E-state index in [1.807, 2.05) is 6.08 Å². The van der Waals surface area contributed by atoms with Gasteiger partial charge in [0.25, 0.3) is 0 Å². The van der Waals surface area contributed by atoms with E-state index in [0.717, 1.165) is 19.3 Å². The van der Waals surface area contributed by atoms with E-state index < -0.39 is 0 Å². The number of carbonyl (C=O) groups excluding carboxylic acids is 1. The van der Waals surface area contributed by atoms with E-state index in [9.17, 15) is 4.79 Å². The molecule has 0 N–H and O–H groups in total. The number of ketones is 1. The van der Waals surface area contributed by atoms with E-state index in [2.05, 4.69) is 57.7 Å². The Morgan fingerprint density at radius 2 is 1.95 bits per heavy atom. The van der Waals surface area contributed by atoms with E-state index >= 15 is 0 Å². The van der Waals surface area contributed by atoms with Crippen molar-refractivity contribution in [2.75, 3.05) is 0 Å². The number of Topliss-reactive ketones (excluding diaryl/α,β-unsaturated/α-hetero) is 1. The molecule has 0 heterocycles. The van der Waals surface area contributed by atoms with Crippen molar-refractivity contribution in [3.63, 3.8) is 0 Å². The predicted octanol–water partition coefficient (Wildman–Crippen LogP) is 4.02. The topological polar surface area (TPSA) is 17.1 Å². The van der Waals surface area contributed by atoms with Gasteiger partial charge in [-0.1, -0.05) is 0 Å². The van der Waals surface area contributed by atoms with Crippen molar-refractivity contribution in [2.24, 2.45) is 22.7 Å². The molecule has 118 valence electrons. The maximum absolute atomic E-state index is 13.2. The Kier molecular flexibility index (Phi) is 4.12. The van der Waals surface area contributed by atoms with Crippen molar-refractivity contribution < 1.29 is 4.79 Å². The number of fused-ring (bicyclic) bond motifs is 2. The van der Waals surface area contributed by atoms with Gasteiger partial charge in [-0.3, -0.25) is 0 Å². The van der Waals surface area contributed by atoms with Crippen LogP contribution in [0, 0.1) is 22.7 Å². The molecule has 4 rings (SSSR count). The summed E-state index contributed by atoms with van der Waals surface area (Å²) in [4.78, 5) is 13.4. The van der Waals surface area contributed by atoms with Gasteiger partial charge in [0.2, 0.25) is 0 Å². The summed E-state index contributed by atoms with van der Waals surface area (Å²) in [6.45, 7) is 10.9. The normalized spacial score (nSPS) is 35.8. The predicted molar refractivity (Wildman–Crippen MR) is 93.5 cm³/mol. The van der Waals surface area contributed by atoms with Gasteiger partial charge in [0, 0.05) is 0 Å². The number of hydrogen-bond donors (Lipinski definition) is 0. The van der Waals surface area contributed by atoms with Gasteiger partial charge >= 0.3 is 140 Å². The van der Waals surface area contributed by atoms with E-state index in [1.54, 1.807) is 0 Å². The van der Waals surface area contributed by atoms with Crippen LogP contribution in [0.3, 0.4) is 0 Å². The van der Waals surface area contributed by atoms with Gasteiger partial charge < -0.3 is 0 Å². The fourth-order valence-electron chi connectivity index (χ4n) is 4.76. The zero-order valence-electron chi connectivity index (χ0n) is 13.8. The maximum atomic E-state index is 13.2. The minimum absolute atomic E-state index is 0.138. The van der Waals surface area contributed by atoms with Gasteiger partial charge in [-0.15, -0.1) is 0 Å². The number of allylic oxidation sites excluding steroid dienone is 1. The van der Waals surface area contributed by atoms with Gasteiger partial charge in [0.05, 0.1) is 0 Å². The Hall–Kier alpha value is -0.851. The molecule has 0 saturated heterocycles. The fourth-order valence-corrected chi connectivity index (χ4v) is 7.74. The van der Waals surface area contributed by atoms with E-state index in [0.29, 0.717) is 17.6 Å². The molecule has 0 radical (unpaired) electrons. The van der Waals surface area contributed by atoms with Crippen LogP contribution < -0.4 is 4.46 Å². The summed E-state index contributed by atoms with van der Waals surface area (Å²) in [5.74, 6) is 1.52. The van der Waals surface area contributed by atoms with Gasteiger partial charge in [-0.25, -0.2) is 0 Å². The molecule has 0 aromatic heterocycles. The second-order valence-electron chi connectivity index (χ2n) is 7.71. The number of carbonyl (C=O) groups is 1. The van der Waals surface area contributed by atoms with E-state index in [-0.39, 0.29) is 30.6 Å². The molecular weight excluding hydrogens is 335 g/mol. The third kappa shape index (κ3) is 2.32. The molecule has 0 spiro atoms. The van der Waals surface area contributed by atoms with Crippen LogP contribution in [0.1, 0.15) is 40.0 Å². The number of benzene rings is 1. The molecule has 3 fully saturated rings. The molecule has 0 aliphatic heterocycles. The molecule has 0 amide bonds. The van der Waals surface area contributed by atoms with Gasteiger partial charge in [-0.05, 0) is 0 Å². The van der Waals surface area contributed by atoms with Gasteiger partial charge in [-0.2, -0.15) is 0 Å². The van der Waals surface area contributed by atoms with Crippen molar-refractivity contribution in [1.82, 2.24) is 0 Å². The summed E-state index contributed by atoms with van der Waals surface area (Å²) in [5.41, 5.74) is 0.329. The average molecular weight is 361 g/mol. The summed E-state index contributed by atoms with van der Waals surface area (Å²) < 4.78 is 1.36. The van der Waals surface area contributed by atoms with Crippen LogP contribution in [0.15, 0.2) is 43.0 Å². The molecule has 1 aromatic carbocycles. The zero-order chi connectivity index (χ0) is 16.0. The third-order valence-corrected chi connectivity index (χ3v) is 9.40. The summed E-state index contributed by atoms with van der Waals surface area (Å²) in [6.07, 6.45) is 5.24. The molecule has 22 heavy (non-hydrogen) atoms. The van der Waals surface area contributed by atoms with Crippen molar-refractivity contribution in [3.05, 3.63) is 43.0 Å². The second-order valence-corrected chi connectivity index (χ2v) is 10.2. The number of rotatable bonds is 5. The van der Waals surface area contributed by atoms with Crippen LogP contribution in [0.4, 0.5) is 0 Å². The third-order valence-electron chi connectivity index (χ3n) is 6.15. The van der Waals surface area contributed by atoms with Crippen LogP contribution in [0.5, 0.6) is 0 Å². The first-order chi connectivity index (χ1) is 10.4. The zero-order valence-corrected chi connectivity index (χ0v) is 15.6. The molecule has 1 nitrogen and oxygen atoms in total. The minimum atomic E-state index is 0.138. The van der Waals surface area contributed by atoms with Crippen LogP contribution in [0.25, 0.3) is 0 Å². The molecule has 1 aromatic rings. The Balaban J connectivity index is 1.92. The van der Waals surface area contributed by atoms with Crippen molar-refractivity contribution in [1.29, 1.82) is 0 Å². The Labute approximate surface area is 140 Å².